The van der Waals surface area contributed by atoms with E-state index < -0.39 is 0 Å². The Labute approximate surface area is 165 Å². The summed E-state index contributed by atoms with van der Waals surface area (Å²) in [7, 11) is 0. The van der Waals surface area contributed by atoms with Gasteiger partial charge in [0.05, 0.1) is 6.61 Å². The molecule has 1 aliphatic rings. The van der Waals surface area contributed by atoms with Crippen LogP contribution in [-0.4, -0.2) is 29.2 Å². The van der Waals surface area contributed by atoms with E-state index in [1.807, 2.05) is 0 Å². The van der Waals surface area contributed by atoms with Crippen molar-refractivity contribution in [2.45, 2.75) is 70.9 Å². The number of likely N-dealkylation sites (tertiary alicyclic amines) is 1. The van der Waals surface area contributed by atoms with Crippen molar-refractivity contribution in [3.63, 3.8) is 0 Å². The second kappa shape index (κ2) is 10.6. The molecule has 1 saturated heterocycles. The van der Waals surface area contributed by atoms with Crippen LogP contribution in [0.15, 0.2) is 48.5 Å². The molecule has 0 amide bonds. The van der Waals surface area contributed by atoms with Gasteiger partial charge in [0, 0.05) is 12.6 Å². The van der Waals surface area contributed by atoms with Crippen LogP contribution in [0, 0.1) is 0 Å². The first-order chi connectivity index (χ1) is 13.3. The minimum atomic E-state index is 0.287. The number of aryl methyl sites for hydroxylation is 3. The molecule has 2 aromatic rings. The number of benzene rings is 2. The molecule has 2 nitrogen and oxygen atoms in total. The highest BCUT2D eigenvalue weighted by Crippen LogP contribution is 2.20. The number of unbranched alkanes of at least 4 members (excludes halogenated alkanes) is 2. The lowest BCUT2D eigenvalue weighted by molar-refractivity contribution is 0.153. The Hall–Kier alpha value is -1.64. The fourth-order valence-corrected chi connectivity index (χ4v) is 4.10. The second-order valence-corrected chi connectivity index (χ2v) is 8.04. The van der Waals surface area contributed by atoms with Crippen molar-refractivity contribution in [3.8, 4) is 0 Å². The average Bonchev–Trinajstić information content (AvgIpc) is 3.16. The zero-order valence-electron chi connectivity index (χ0n) is 16.9. The van der Waals surface area contributed by atoms with E-state index in [4.69, 9.17) is 0 Å². The highest BCUT2D eigenvalue weighted by Gasteiger charge is 2.23. The Morgan fingerprint density at radius 1 is 0.815 bits per heavy atom. The third kappa shape index (κ3) is 6.19. The molecule has 2 aromatic carbocycles. The van der Waals surface area contributed by atoms with Crippen LogP contribution in [0.3, 0.4) is 0 Å². The smallest absolute Gasteiger partial charge is 0.0587 e. The first-order valence-electron chi connectivity index (χ1n) is 10.8. The summed E-state index contributed by atoms with van der Waals surface area (Å²) in [6.07, 6.45) is 9.67. The molecule has 0 unspecified atom stereocenters. The molecule has 27 heavy (non-hydrogen) atoms. The van der Waals surface area contributed by atoms with E-state index in [9.17, 15) is 5.11 Å². The first kappa shape index (κ1) is 20.1. The third-order valence-electron chi connectivity index (χ3n) is 5.91. The topological polar surface area (TPSA) is 23.5 Å². The maximum atomic E-state index is 9.47. The van der Waals surface area contributed by atoms with Crippen molar-refractivity contribution in [1.29, 1.82) is 0 Å². The molecular formula is C25H35NO. The highest BCUT2D eigenvalue weighted by atomic mass is 16.3. The van der Waals surface area contributed by atoms with Crippen LogP contribution >= 0.6 is 0 Å². The molecular weight excluding hydrogens is 330 g/mol. The van der Waals surface area contributed by atoms with Gasteiger partial charge in [-0.15, -0.1) is 0 Å². The molecule has 2 heteroatoms. The van der Waals surface area contributed by atoms with Gasteiger partial charge in [0.15, 0.2) is 0 Å². The van der Waals surface area contributed by atoms with Crippen molar-refractivity contribution in [1.82, 2.24) is 4.90 Å². The Morgan fingerprint density at radius 2 is 1.37 bits per heavy atom. The predicted molar refractivity (Wildman–Crippen MR) is 114 cm³/mol. The van der Waals surface area contributed by atoms with Gasteiger partial charge >= 0.3 is 0 Å². The molecule has 0 aromatic heterocycles. The minimum Gasteiger partial charge on any atom is -0.395 e. The summed E-state index contributed by atoms with van der Waals surface area (Å²) < 4.78 is 0. The molecule has 0 radical (unpaired) electrons. The summed E-state index contributed by atoms with van der Waals surface area (Å²) in [6.45, 7) is 4.62. The number of hydrogen-bond acceptors (Lipinski definition) is 2. The quantitative estimate of drug-likeness (QED) is 0.588. The van der Waals surface area contributed by atoms with E-state index in [2.05, 4.69) is 60.4 Å². The van der Waals surface area contributed by atoms with Gasteiger partial charge in [0.2, 0.25) is 0 Å². The van der Waals surface area contributed by atoms with Crippen molar-refractivity contribution in [3.05, 3.63) is 70.8 Å². The van der Waals surface area contributed by atoms with Crippen LogP contribution in [0.2, 0.25) is 0 Å². The van der Waals surface area contributed by atoms with Gasteiger partial charge in [0.1, 0.15) is 0 Å². The van der Waals surface area contributed by atoms with Gasteiger partial charge in [-0.05, 0) is 67.3 Å². The monoisotopic (exact) mass is 365 g/mol. The molecule has 1 fully saturated rings. The van der Waals surface area contributed by atoms with E-state index >= 15 is 0 Å². The molecule has 0 bridgehead atoms. The van der Waals surface area contributed by atoms with Crippen LogP contribution in [0.1, 0.15) is 61.3 Å². The lowest BCUT2D eigenvalue weighted by Crippen LogP contribution is -2.31. The average molecular weight is 366 g/mol. The summed E-state index contributed by atoms with van der Waals surface area (Å²) >= 11 is 0. The molecule has 1 N–H and O–H groups in total. The highest BCUT2D eigenvalue weighted by molar-refractivity contribution is 5.26. The van der Waals surface area contributed by atoms with Gasteiger partial charge < -0.3 is 5.11 Å². The van der Waals surface area contributed by atoms with Crippen LogP contribution in [0.5, 0.6) is 0 Å². The fourth-order valence-electron chi connectivity index (χ4n) is 4.10. The SMILES string of the molecule is CCCCCc1ccc(CCc2ccc(CN3CCC[C@@H]3CO)cc2)cc1. The van der Waals surface area contributed by atoms with Crippen molar-refractivity contribution >= 4 is 0 Å². The van der Waals surface area contributed by atoms with Gasteiger partial charge in [0.25, 0.3) is 0 Å². The lowest BCUT2D eigenvalue weighted by Gasteiger charge is -2.22. The minimum absolute atomic E-state index is 0.287. The third-order valence-corrected chi connectivity index (χ3v) is 5.91. The maximum Gasteiger partial charge on any atom is 0.0587 e. The Bertz CT molecular complexity index is 662. The summed E-state index contributed by atoms with van der Waals surface area (Å²) in [4.78, 5) is 2.41. The lowest BCUT2D eigenvalue weighted by atomic mass is 10.0. The second-order valence-electron chi connectivity index (χ2n) is 8.04. The molecule has 1 atom stereocenters. The van der Waals surface area contributed by atoms with Crippen LogP contribution in [-0.2, 0) is 25.8 Å². The van der Waals surface area contributed by atoms with Crippen molar-refractivity contribution in [2.75, 3.05) is 13.2 Å². The van der Waals surface area contributed by atoms with Crippen molar-refractivity contribution < 1.29 is 5.11 Å². The number of nitrogens with zero attached hydrogens (tertiary/aromatic N) is 1. The molecule has 0 aliphatic carbocycles. The van der Waals surface area contributed by atoms with E-state index in [1.54, 1.807) is 0 Å². The largest absolute Gasteiger partial charge is 0.395 e. The summed E-state index contributed by atoms with van der Waals surface area (Å²) in [6, 6.07) is 18.7. The zero-order chi connectivity index (χ0) is 18.9. The van der Waals surface area contributed by atoms with Crippen LogP contribution in [0.4, 0.5) is 0 Å². The van der Waals surface area contributed by atoms with Crippen molar-refractivity contribution in [2.24, 2.45) is 0 Å². The normalized spacial score (nSPS) is 17.5. The van der Waals surface area contributed by atoms with Gasteiger partial charge in [-0.3, -0.25) is 4.90 Å². The van der Waals surface area contributed by atoms with E-state index in [0.29, 0.717) is 6.04 Å². The number of rotatable bonds is 10. The molecule has 0 saturated carbocycles. The number of hydrogen-bond donors (Lipinski definition) is 1. The molecule has 1 heterocycles. The van der Waals surface area contributed by atoms with E-state index in [0.717, 1.165) is 32.4 Å². The van der Waals surface area contributed by atoms with E-state index in [-0.39, 0.29) is 6.61 Å². The summed E-state index contributed by atoms with van der Waals surface area (Å²) in [5.74, 6) is 0. The standard InChI is InChI=1S/C25H35NO/c1-2-3-4-6-21-8-10-22(11-9-21)12-13-23-14-16-24(17-15-23)19-26-18-5-7-25(26)20-27/h8-11,14-17,25,27H,2-7,12-13,18-20H2,1H3/t25-/m1/s1. The van der Waals surface area contributed by atoms with Gasteiger partial charge in [-0.25, -0.2) is 0 Å². The van der Waals surface area contributed by atoms with Crippen LogP contribution in [0.25, 0.3) is 0 Å². The predicted octanol–water partition coefficient (Wildman–Crippen LogP) is 5.16. The Morgan fingerprint density at radius 3 is 1.93 bits per heavy atom. The molecule has 146 valence electrons. The van der Waals surface area contributed by atoms with Gasteiger partial charge in [-0.2, -0.15) is 0 Å². The van der Waals surface area contributed by atoms with Gasteiger partial charge in [-0.1, -0.05) is 68.3 Å². The molecule has 0 spiro atoms. The number of aliphatic hydroxyl groups is 1. The Kier molecular flexibility index (Phi) is 7.92. The molecule has 1 aliphatic heterocycles. The van der Waals surface area contributed by atoms with E-state index in [1.165, 1.54) is 54.4 Å². The summed E-state index contributed by atoms with van der Waals surface area (Å²) in [5, 5.41) is 9.47. The summed E-state index contributed by atoms with van der Waals surface area (Å²) in [5.41, 5.74) is 5.67. The maximum absolute atomic E-state index is 9.47. The Balaban J connectivity index is 1.45. The molecule has 3 rings (SSSR count). The zero-order valence-corrected chi connectivity index (χ0v) is 16.9. The fraction of sp³-hybridized carbons (Fsp3) is 0.520. The number of aliphatic hydroxyl groups excluding tert-OH is 1. The first-order valence-corrected chi connectivity index (χ1v) is 10.8. The van der Waals surface area contributed by atoms with Crippen LogP contribution < -0.4 is 0 Å².